The van der Waals surface area contributed by atoms with Gasteiger partial charge in [-0.15, -0.1) is 5.10 Å². The Hall–Kier alpha value is -2.66. The summed E-state index contributed by atoms with van der Waals surface area (Å²) in [5, 5.41) is 14.5. The summed E-state index contributed by atoms with van der Waals surface area (Å²) >= 11 is 0. The van der Waals surface area contributed by atoms with Crippen LogP contribution in [-0.2, 0) is 13.0 Å². The Morgan fingerprint density at radius 2 is 1.85 bits per heavy atom. The number of phenols is 1. The number of nitrogens with zero attached hydrogens (tertiary/aromatic N) is 4. The summed E-state index contributed by atoms with van der Waals surface area (Å²) in [6, 6.07) is 15.6. The van der Waals surface area contributed by atoms with Gasteiger partial charge in [0.15, 0.2) is 11.6 Å². The molecule has 26 heavy (non-hydrogen) atoms. The number of aromatic hydroxyl groups is 1. The Labute approximate surface area is 154 Å². The van der Waals surface area contributed by atoms with E-state index in [1.807, 2.05) is 31.1 Å². The molecule has 0 radical (unpaired) electrons. The van der Waals surface area contributed by atoms with Crippen molar-refractivity contribution in [2.45, 2.75) is 32.7 Å². The second-order valence-electron chi connectivity index (χ2n) is 6.82. The fourth-order valence-electron chi connectivity index (χ4n) is 2.90. The highest BCUT2D eigenvalue weighted by molar-refractivity contribution is 5.59. The Morgan fingerprint density at radius 1 is 1.08 bits per heavy atom. The van der Waals surface area contributed by atoms with E-state index >= 15 is 0 Å². The molecule has 0 bridgehead atoms. The minimum absolute atomic E-state index is 0.216. The van der Waals surface area contributed by atoms with Crippen molar-refractivity contribution in [3.8, 4) is 22.8 Å². The Morgan fingerprint density at radius 3 is 2.50 bits per heavy atom. The minimum atomic E-state index is 0.216. The molecule has 1 N–H and O–H groups in total. The van der Waals surface area contributed by atoms with Crippen molar-refractivity contribution < 1.29 is 5.11 Å². The van der Waals surface area contributed by atoms with Crippen LogP contribution in [0, 0.1) is 0 Å². The van der Waals surface area contributed by atoms with Gasteiger partial charge in [0, 0.05) is 11.6 Å². The Bertz CT molecular complexity index is 853. The van der Waals surface area contributed by atoms with E-state index in [4.69, 9.17) is 4.98 Å². The van der Waals surface area contributed by atoms with E-state index in [-0.39, 0.29) is 5.75 Å². The van der Waals surface area contributed by atoms with Gasteiger partial charge in [-0.2, -0.15) is 0 Å². The van der Waals surface area contributed by atoms with Crippen LogP contribution in [-0.4, -0.2) is 38.9 Å². The summed E-state index contributed by atoms with van der Waals surface area (Å²) in [7, 11) is 3.99. The number of aromatic nitrogens is 3. The van der Waals surface area contributed by atoms with E-state index in [0.717, 1.165) is 29.3 Å². The molecule has 0 aliphatic rings. The molecule has 5 nitrogen and oxygen atoms in total. The standard InChI is InChI=1S/C21H26N4O/c1-4-5-7-16-10-12-17(13-11-16)21-22-20(15-24(2)3)23-25(21)18-8-6-9-19(26)14-18/h6,8-14,26H,4-5,7,15H2,1-3H3. The lowest BCUT2D eigenvalue weighted by Crippen LogP contribution is -2.12. The van der Waals surface area contributed by atoms with Crippen LogP contribution < -0.4 is 0 Å². The van der Waals surface area contributed by atoms with Gasteiger partial charge in [0.1, 0.15) is 5.75 Å². The summed E-state index contributed by atoms with van der Waals surface area (Å²) in [6.45, 7) is 2.87. The maximum Gasteiger partial charge on any atom is 0.165 e. The van der Waals surface area contributed by atoms with Gasteiger partial charge in [0.25, 0.3) is 0 Å². The van der Waals surface area contributed by atoms with E-state index in [0.29, 0.717) is 6.54 Å². The second kappa shape index (κ2) is 8.15. The average molecular weight is 350 g/mol. The molecule has 136 valence electrons. The lowest BCUT2D eigenvalue weighted by molar-refractivity contribution is 0.390. The molecule has 0 saturated carbocycles. The summed E-state index contributed by atoms with van der Waals surface area (Å²) in [6.07, 6.45) is 3.50. The number of rotatable bonds is 7. The topological polar surface area (TPSA) is 54.2 Å². The first-order valence-electron chi connectivity index (χ1n) is 9.06. The molecule has 3 rings (SSSR count). The van der Waals surface area contributed by atoms with Crippen LogP contribution in [0.4, 0.5) is 0 Å². The first-order valence-corrected chi connectivity index (χ1v) is 9.06. The van der Waals surface area contributed by atoms with Gasteiger partial charge >= 0.3 is 0 Å². The number of hydrogen-bond donors (Lipinski definition) is 1. The van der Waals surface area contributed by atoms with Gasteiger partial charge in [0.2, 0.25) is 0 Å². The summed E-state index contributed by atoms with van der Waals surface area (Å²) < 4.78 is 1.81. The van der Waals surface area contributed by atoms with Crippen LogP contribution in [0.25, 0.3) is 17.1 Å². The van der Waals surface area contributed by atoms with E-state index in [1.165, 1.54) is 18.4 Å². The number of benzene rings is 2. The predicted molar refractivity (Wildman–Crippen MR) is 104 cm³/mol. The highest BCUT2D eigenvalue weighted by Gasteiger charge is 2.14. The van der Waals surface area contributed by atoms with Crippen molar-refractivity contribution in [2.75, 3.05) is 14.1 Å². The lowest BCUT2D eigenvalue weighted by atomic mass is 10.1. The maximum absolute atomic E-state index is 9.84. The fraction of sp³-hybridized carbons (Fsp3) is 0.333. The van der Waals surface area contributed by atoms with E-state index in [2.05, 4.69) is 36.3 Å². The minimum Gasteiger partial charge on any atom is -0.508 e. The highest BCUT2D eigenvalue weighted by atomic mass is 16.3. The van der Waals surface area contributed by atoms with Gasteiger partial charge in [-0.1, -0.05) is 43.7 Å². The van der Waals surface area contributed by atoms with Crippen molar-refractivity contribution in [2.24, 2.45) is 0 Å². The van der Waals surface area contributed by atoms with Crippen LogP contribution in [0.1, 0.15) is 31.2 Å². The third-order valence-corrected chi connectivity index (χ3v) is 4.21. The molecule has 0 atom stereocenters. The van der Waals surface area contributed by atoms with E-state index in [1.54, 1.807) is 16.8 Å². The van der Waals surface area contributed by atoms with Crippen LogP contribution in [0.3, 0.4) is 0 Å². The smallest absolute Gasteiger partial charge is 0.165 e. The maximum atomic E-state index is 9.84. The molecule has 0 fully saturated rings. The normalized spacial score (nSPS) is 11.2. The Balaban J connectivity index is 2.00. The summed E-state index contributed by atoms with van der Waals surface area (Å²) in [5.74, 6) is 1.76. The molecule has 0 unspecified atom stereocenters. The zero-order valence-electron chi connectivity index (χ0n) is 15.7. The second-order valence-corrected chi connectivity index (χ2v) is 6.82. The van der Waals surface area contributed by atoms with Crippen molar-refractivity contribution in [3.05, 3.63) is 59.9 Å². The zero-order valence-corrected chi connectivity index (χ0v) is 15.7. The molecule has 3 aromatic rings. The third-order valence-electron chi connectivity index (χ3n) is 4.21. The molecule has 0 aliphatic heterocycles. The number of aryl methyl sites for hydroxylation is 1. The van der Waals surface area contributed by atoms with Gasteiger partial charge < -0.3 is 10.0 Å². The third kappa shape index (κ3) is 4.29. The monoisotopic (exact) mass is 350 g/mol. The van der Waals surface area contributed by atoms with E-state index in [9.17, 15) is 5.11 Å². The van der Waals surface area contributed by atoms with Gasteiger partial charge in [-0.25, -0.2) is 9.67 Å². The van der Waals surface area contributed by atoms with Crippen molar-refractivity contribution in [3.63, 3.8) is 0 Å². The van der Waals surface area contributed by atoms with Crippen molar-refractivity contribution in [1.82, 2.24) is 19.7 Å². The van der Waals surface area contributed by atoms with Crippen molar-refractivity contribution >= 4 is 0 Å². The largest absolute Gasteiger partial charge is 0.508 e. The fourth-order valence-corrected chi connectivity index (χ4v) is 2.90. The van der Waals surface area contributed by atoms with Crippen LogP contribution in [0.5, 0.6) is 5.75 Å². The number of phenolic OH excluding ortho intramolecular Hbond substituents is 1. The molecule has 5 heteroatoms. The molecular formula is C21H26N4O. The SMILES string of the molecule is CCCCc1ccc(-c2nc(CN(C)C)nn2-c2cccc(O)c2)cc1. The average Bonchev–Trinajstić information content (AvgIpc) is 3.03. The summed E-state index contributed by atoms with van der Waals surface area (Å²) in [4.78, 5) is 6.79. The number of unbranched alkanes of at least 4 members (excludes halogenated alkanes) is 1. The molecule has 1 aromatic heterocycles. The van der Waals surface area contributed by atoms with E-state index < -0.39 is 0 Å². The molecular weight excluding hydrogens is 324 g/mol. The highest BCUT2D eigenvalue weighted by Crippen LogP contribution is 2.24. The molecule has 0 spiro atoms. The summed E-state index contributed by atoms with van der Waals surface area (Å²) in [5.41, 5.74) is 3.16. The van der Waals surface area contributed by atoms with Crippen molar-refractivity contribution in [1.29, 1.82) is 0 Å². The van der Waals surface area contributed by atoms with Crippen LogP contribution in [0.15, 0.2) is 48.5 Å². The Kier molecular flexibility index (Phi) is 5.68. The zero-order chi connectivity index (χ0) is 18.5. The molecule has 0 saturated heterocycles. The molecule has 0 aliphatic carbocycles. The lowest BCUT2D eigenvalue weighted by Gasteiger charge is -2.07. The van der Waals surface area contributed by atoms with Gasteiger partial charge in [-0.3, -0.25) is 0 Å². The molecule has 1 heterocycles. The van der Waals surface area contributed by atoms with Gasteiger partial charge in [-0.05, 0) is 44.6 Å². The van der Waals surface area contributed by atoms with Crippen LogP contribution >= 0.6 is 0 Å². The first kappa shape index (κ1) is 18.1. The molecule has 0 amide bonds. The number of hydrogen-bond acceptors (Lipinski definition) is 4. The van der Waals surface area contributed by atoms with Gasteiger partial charge in [0.05, 0.1) is 12.2 Å². The molecule has 2 aromatic carbocycles. The van der Waals surface area contributed by atoms with Crippen LogP contribution in [0.2, 0.25) is 0 Å². The predicted octanol–water partition coefficient (Wildman–Crippen LogP) is 4.04. The quantitative estimate of drug-likeness (QED) is 0.698. The first-order chi connectivity index (χ1) is 12.6.